The zero-order valence-corrected chi connectivity index (χ0v) is 11.6. The fourth-order valence-electron chi connectivity index (χ4n) is 1.54. The van der Waals surface area contributed by atoms with Gasteiger partial charge in [0.05, 0.1) is 0 Å². The molecule has 0 unspecified atom stereocenters. The Morgan fingerprint density at radius 3 is 2.00 bits per heavy atom. The standard InChI is InChI=1S/C8H9.3CH3.Sn/c1-7-3-5-8(2)6-4-7;;;;/h3-5H,1-2H3;3*1H3;. The molecule has 1 rings (SSSR count). The Balaban J connectivity index is 3.23. The second-order valence-electron chi connectivity index (χ2n) is 4.57. The maximum absolute atomic E-state index is 2.47. The summed E-state index contributed by atoms with van der Waals surface area (Å²) in [6, 6.07) is 6.84. The fourth-order valence-corrected chi connectivity index (χ4v) is 7.04. The van der Waals surface area contributed by atoms with Gasteiger partial charge < -0.3 is 0 Å². The van der Waals surface area contributed by atoms with Gasteiger partial charge in [0.15, 0.2) is 0 Å². The topological polar surface area (TPSA) is 0 Å². The van der Waals surface area contributed by atoms with Gasteiger partial charge in [-0.05, 0) is 0 Å². The Morgan fingerprint density at radius 2 is 1.58 bits per heavy atom. The van der Waals surface area contributed by atoms with E-state index in [1.807, 2.05) is 0 Å². The third-order valence-electron chi connectivity index (χ3n) is 2.20. The molecular formula is C11H18Sn. The summed E-state index contributed by atoms with van der Waals surface area (Å²) in [6.45, 7) is 4.41. The second kappa shape index (κ2) is 3.41. The van der Waals surface area contributed by atoms with Crippen molar-refractivity contribution in [3.8, 4) is 0 Å². The summed E-state index contributed by atoms with van der Waals surface area (Å²) < 4.78 is 1.67. The third kappa shape index (κ3) is 2.25. The first-order chi connectivity index (χ1) is 5.41. The predicted molar refractivity (Wildman–Crippen MR) is 58.9 cm³/mol. The molecule has 1 aromatic carbocycles. The van der Waals surface area contributed by atoms with Crippen molar-refractivity contribution >= 4 is 22.0 Å². The summed E-state index contributed by atoms with van der Waals surface area (Å²) in [6.07, 6.45) is 0. The Hall–Kier alpha value is 0.0187. The molecule has 0 aromatic heterocycles. The van der Waals surface area contributed by atoms with E-state index in [4.69, 9.17) is 0 Å². The molecule has 0 bridgehead atoms. The predicted octanol–water partition coefficient (Wildman–Crippen LogP) is 2.85. The van der Waals surface area contributed by atoms with Crippen LogP contribution in [-0.4, -0.2) is 18.4 Å². The Bertz CT molecular complexity index is 282. The monoisotopic (exact) mass is 270 g/mol. The van der Waals surface area contributed by atoms with Gasteiger partial charge in [0.25, 0.3) is 0 Å². The summed E-state index contributed by atoms with van der Waals surface area (Å²) in [7, 11) is 0. The summed E-state index contributed by atoms with van der Waals surface area (Å²) in [5.41, 5.74) is 2.89. The maximum atomic E-state index is 2.47. The minimum absolute atomic E-state index is 1.40. The first kappa shape index (κ1) is 10.1. The molecule has 0 aliphatic heterocycles. The van der Waals surface area contributed by atoms with Crippen molar-refractivity contribution in [2.24, 2.45) is 0 Å². The molecule has 0 nitrogen and oxygen atoms in total. The number of aryl methyl sites for hydroxylation is 2. The van der Waals surface area contributed by atoms with Crippen molar-refractivity contribution in [1.82, 2.24) is 0 Å². The zero-order valence-electron chi connectivity index (χ0n) is 8.73. The van der Waals surface area contributed by atoms with Crippen LogP contribution in [0.1, 0.15) is 11.1 Å². The SMILES string of the molecule is Cc1ccc(C)[c]([Sn]([CH3])([CH3])[CH3])c1. The molecule has 0 saturated carbocycles. The second-order valence-corrected chi connectivity index (χ2v) is 18.9. The van der Waals surface area contributed by atoms with Crippen LogP contribution < -0.4 is 3.58 Å². The van der Waals surface area contributed by atoms with Crippen LogP contribution in [0.15, 0.2) is 18.2 Å². The molecule has 1 aromatic rings. The van der Waals surface area contributed by atoms with E-state index in [-0.39, 0.29) is 0 Å². The Labute approximate surface area is 79.9 Å². The summed E-state index contributed by atoms with van der Waals surface area (Å²) >= 11 is -1.82. The first-order valence-electron chi connectivity index (χ1n) is 4.49. The van der Waals surface area contributed by atoms with Crippen LogP contribution in [0.4, 0.5) is 0 Å². The molecule has 0 aliphatic carbocycles. The van der Waals surface area contributed by atoms with E-state index in [9.17, 15) is 0 Å². The van der Waals surface area contributed by atoms with Crippen LogP contribution in [-0.2, 0) is 0 Å². The van der Waals surface area contributed by atoms with Gasteiger partial charge in [0, 0.05) is 0 Å². The summed E-state index contributed by atoms with van der Waals surface area (Å²) in [5.74, 6) is 0. The Kier molecular flexibility index (Phi) is 2.87. The van der Waals surface area contributed by atoms with Crippen molar-refractivity contribution < 1.29 is 0 Å². The molecule has 0 aliphatic rings. The molecule has 66 valence electrons. The third-order valence-corrected chi connectivity index (χ3v) is 8.35. The van der Waals surface area contributed by atoms with Crippen molar-refractivity contribution in [2.45, 2.75) is 28.7 Å². The van der Waals surface area contributed by atoms with Crippen molar-refractivity contribution in [2.75, 3.05) is 0 Å². The van der Waals surface area contributed by atoms with Gasteiger partial charge >= 0.3 is 79.9 Å². The average molecular weight is 269 g/mol. The number of rotatable bonds is 1. The van der Waals surface area contributed by atoms with E-state index in [2.05, 4.69) is 46.9 Å². The zero-order chi connectivity index (χ0) is 9.35. The van der Waals surface area contributed by atoms with Gasteiger partial charge in [-0.15, -0.1) is 0 Å². The number of hydrogen-bond acceptors (Lipinski definition) is 0. The summed E-state index contributed by atoms with van der Waals surface area (Å²) in [5, 5.41) is 0. The van der Waals surface area contributed by atoms with Crippen molar-refractivity contribution in [1.29, 1.82) is 0 Å². The van der Waals surface area contributed by atoms with Crippen LogP contribution in [0.2, 0.25) is 14.8 Å². The van der Waals surface area contributed by atoms with Gasteiger partial charge in [0.1, 0.15) is 0 Å². The van der Waals surface area contributed by atoms with E-state index in [1.165, 1.54) is 11.1 Å². The van der Waals surface area contributed by atoms with Crippen LogP contribution >= 0.6 is 0 Å². The minimum atomic E-state index is -1.82. The van der Waals surface area contributed by atoms with E-state index < -0.39 is 18.4 Å². The molecule has 0 fully saturated rings. The number of benzene rings is 1. The van der Waals surface area contributed by atoms with Crippen LogP contribution in [0.5, 0.6) is 0 Å². The normalized spacial score (nSPS) is 11.8. The van der Waals surface area contributed by atoms with Gasteiger partial charge in [0.2, 0.25) is 0 Å². The van der Waals surface area contributed by atoms with Crippen molar-refractivity contribution in [3.63, 3.8) is 0 Å². The van der Waals surface area contributed by atoms with E-state index >= 15 is 0 Å². The van der Waals surface area contributed by atoms with Gasteiger partial charge in [-0.2, -0.15) is 0 Å². The van der Waals surface area contributed by atoms with Gasteiger partial charge in [-0.25, -0.2) is 0 Å². The molecule has 12 heavy (non-hydrogen) atoms. The van der Waals surface area contributed by atoms with Gasteiger partial charge in [-0.1, -0.05) is 0 Å². The molecular weight excluding hydrogens is 251 g/mol. The van der Waals surface area contributed by atoms with Crippen LogP contribution in [0.3, 0.4) is 0 Å². The van der Waals surface area contributed by atoms with Crippen molar-refractivity contribution in [3.05, 3.63) is 29.3 Å². The Morgan fingerprint density at radius 1 is 1.00 bits per heavy atom. The fraction of sp³-hybridized carbons (Fsp3) is 0.455. The molecule has 0 radical (unpaired) electrons. The van der Waals surface area contributed by atoms with E-state index in [0.717, 1.165) is 0 Å². The van der Waals surface area contributed by atoms with Crippen LogP contribution in [0, 0.1) is 13.8 Å². The number of hydrogen-bond donors (Lipinski definition) is 0. The van der Waals surface area contributed by atoms with E-state index in [1.54, 1.807) is 3.58 Å². The molecule has 0 spiro atoms. The molecule has 1 heteroatoms. The summed E-state index contributed by atoms with van der Waals surface area (Å²) in [4.78, 5) is 7.41. The molecule has 0 N–H and O–H groups in total. The quantitative estimate of drug-likeness (QED) is 0.688. The molecule has 0 saturated heterocycles. The molecule has 0 heterocycles. The molecule has 0 atom stereocenters. The van der Waals surface area contributed by atoms with Gasteiger partial charge in [-0.3, -0.25) is 0 Å². The van der Waals surface area contributed by atoms with Crippen LogP contribution in [0.25, 0.3) is 0 Å². The average Bonchev–Trinajstić information content (AvgIpc) is 1.92. The molecule has 0 amide bonds. The van der Waals surface area contributed by atoms with E-state index in [0.29, 0.717) is 0 Å². The first-order valence-corrected chi connectivity index (χ1v) is 14.5.